The number of hydrogen-bond donors (Lipinski definition) is 2. The molecule has 0 aliphatic rings. The molecule has 0 fully saturated rings. The van der Waals surface area contributed by atoms with Gasteiger partial charge in [0.25, 0.3) is 0 Å². The van der Waals surface area contributed by atoms with Crippen LogP contribution in [0.15, 0.2) is 18.2 Å². The SMILES string of the molecule is NCCCCOc1ccc(N)c(F)c1. The number of nitrogen functional groups attached to an aromatic ring is 1. The van der Waals surface area contributed by atoms with Gasteiger partial charge in [-0.25, -0.2) is 4.39 Å². The molecule has 0 aliphatic heterocycles. The molecule has 0 bridgehead atoms. The summed E-state index contributed by atoms with van der Waals surface area (Å²) in [5.74, 6) is 0.0649. The highest BCUT2D eigenvalue weighted by Gasteiger charge is 2.00. The number of halogens is 1. The van der Waals surface area contributed by atoms with Gasteiger partial charge in [0.15, 0.2) is 0 Å². The van der Waals surface area contributed by atoms with E-state index >= 15 is 0 Å². The van der Waals surface area contributed by atoms with Crippen LogP contribution in [0, 0.1) is 5.82 Å². The highest BCUT2D eigenvalue weighted by Crippen LogP contribution is 2.17. The van der Waals surface area contributed by atoms with Crippen molar-refractivity contribution in [3.8, 4) is 5.75 Å². The predicted molar refractivity (Wildman–Crippen MR) is 54.6 cm³/mol. The van der Waals surface area contributed by atoms with Crippen molar-refractivity contribution in [3.63, 3.8) is 0 Å². The Hall–Kier alpha value is -1.29. The van der Waals surface area contributed by atoms with E-state index in [-0.39, 0.29) is 5.69 Å². The number of hydrogen-bond acceptors (Lipinski definition) is 3. The van der Waals surface area contributed by atoms with Crippen LogP contribution < -0.4 is 16.2 Å². The van der Waals surface area contributed by atoms with Gasteiger partial charge < -0.3 is 16.2 Å². The van der Waals surface area contributed by atoms with Crippen molar-refractivity contribution in [1.82, 2.24) is 0 Å². The lowest BCUT2D eigenvalue weighted by atomic mass is 10.3. The van der Waals surface area contributed by atoms with Crippen LogP contribution in [0.2, 0.25) is 0 Å². The number of benzene rings is 1. The molecule has 0 heterocycles. The molecule has 0 spiro atoms. The molecular weight excluding hydrogens is 183 g/mol. The van der Waals surface area contributed by atoms with E-state index < -0.39 is 5.82 Å². The number of nitrogens with two attached hydrogens (primary N) is 2. The Balaban J connectivity index is 2.39. The molecule has 0 saturated heterocycles. The molecule has 4 heteroatoms. The number of anilines is 1. The van der Waals surface area contributed by atoms with Crippen molar-refractivity contribution in [1.29, 1.82) is 0 Å². The highest BCUT2D eigenvalue weighted by molar-refractivity contribution is 5.43. The zero-order valence-electron chi connectivity index (χ0n) is 8.00. The van der Waals surface area contributed by atoms with Crippen molar-refractivity contribution in [2.24, 2.45) is 5.73 Å². The van der Waals surface area contributed by atoms with Crippen molar-refractivity contribution < 1.29 is 9.13 Å². The fraction of sp³-hybridized carbons (Fsp3) is 0.400. The standard InChI is InChI=1S/C10H15FN2O/c11-9-7-8(3-4-10(9)13)14-6-2-1-5-12/h3-4,7H,1-2,5-6,12-13H2. The number of ether oxygens (including phenoxy) is 1. The molecule has 0 saturated carbocycles. The van der Waals surface area contributed by atoms with Crippen LogP contribution in [-0.4, -0.2) is 13.2 Å². The predicted octanol–water partition coefficient (Wildman–Crippen LogP) is 1.53. The summed E-state index contributed by atoms with van der Waals surface area (Å²) in [6, 6.07) is 4.44. The van der Waals surface area contributed by atoms with Crippen LogP contribution in [0.3, 0.4) is 0 Å². The Morgan fingerprint density at radius 1 is 1.29 bits per heavy atom. The Morgan fingerprint density at radius 2 is 2.07 bits per heavy atom. The van der Waals surface area contributed by atoms with Gasteiger partial charge in [-0.05, 0) is 31.5 Å². The van der Waals surface area contributed by atoms with E-state index in [0.717, 1.165) is 12.8 Å². The van der Waals surface area contributed by atoms with E-state index in [2.05, 4.69) is 0 Å². The zero-order valence-corrected chi connectivity index (χ0v) is 8.00. The van der Waals surface area contributed by atoms with Crippen LogP contribution in [-0.2, 0) is 0 Å². The first kappa shape index (κ1) is 10.8. The summed E-state index contributed by atoms with van der Waals surface area (Å²) < 4.78 is 18.2. The Kier molecular flexibility index (Phi) is 4.19. The molecular formula is C10H15FN2O. The van der Waals surface area contributed by atoms with E-state index in [1.54, 1.807) is 6.07 Å². The molecule has 4 N–H and O–H groups in total. The third-order valence-corrected chi connectivity index (χ3v) is 1.84. The Morgan fingerprint density at radius 3 is 2.71 bits per heavy atom. The molecule has 0 aliphatic carbocycles. The minimum atomic E-state index is -0.443. The summed E-state index contributed by atoms with van der Waals surface area (Å²) >= 11 is 0. The smallest absolute Gasteiger partial charge is 0.149 e. The molecule has 3 nitrogen and oxygen atoms in total. The summed E-state index contributed by atoms with van der Waals surface area (Å²) in [6.07, 6.45) is 1.79. The molecule has 78 valence electrons. The van der Waals surface area contributed by atoms with Crippen molar-refractivity contribution in [3.05, 3.63) is 24.0 Å². The van der Waals surface area contributed by atoms with Gasteiger partial charge in [0.1, 0.15) is 11.6 Å². The fourth-order valence-electron chi connectivity index (χ4n) is 1.03. The number of unbranched alkanes of at least 4 members (excludes halogenated alkanes) is 1. The van der Waals surface area contributed by atoms with Crippen molar-refractivity contribution in [2.75, 3.05) is 18.9 Å². The van der Waals surface area contributed by atoms with Crippen LogP contribution in [0.1, 0.15) is 12.8 Å². The molecule has 0 unspecified atom stereocenters. The molecule has 0 amide bonds. The number of rotatable bonds is 5. The van der Waals surface area contributed by atoms with E-state index in [1.165, 1.54) is 12.1 Å². The van der Waals surface area contributed by atoms with Gasteiger partial charge >= 0.3 is 0 Å². The molecule has 0 radical (unpaired) electrons. The minimum Gasteiger partial charge on any atom is -0.493 e. The highest BCUT2D eigenvalue weighted by atomic mass is 19.1. The van der Waals surface area contributed by atoms with Crippen LogP contribution in [0.5, 0.6) is 5.75 Å². The second-order valence-corrected chi connectivity index (χ2v) is 3.03. The summed E-state index contributed by atoms with van der Waals surface area (Å²) in [5, 5.41) is 0. The monoisotopic (exact) mass is 198 g/mol. The maximum Gasteiger partial charge on any atom is 0.149 e. The normalized spacial score (nSPS) is 10.1. The summed E-state index contributed by atoms with van der Waals surface area (Å²) in [4.78, 5) is 0. The third kappa shape index (κ3) is 3.22. The van der Waals surface area contributed by atoms with Crippen LogP contribution in [0.4, 0.5) is 10.1 Å². The Labute approximate surface area is 82.9 Å². The summed E-state index contributed by atoms with van der Waals surface area (Å²) in [7, 11) is 0. The average Bonchev–Trinajstić information content (AvgIpc) is 2.18. The molecule has 14 heavy (non-hydrogen) atoms. The van der Waals surface area contributed by atoms with E-state index in [1.807, 2.05) is 0 Å². The zero-order chi connectivity index (χ0) is 10.4. The molecule has 1 aromatic carbocycles. The van der Waals surface area contributed by atoms with E-state index in [4.69, 9.17) is 16.2 Å². The first-order valence-corrected chi connectivity index (χ1v) is 4.62. The Bertz CT molecular complexity index is 291. The molecule has 1 rings (SSSR count). The largest absolute Gasteiger partial charge is 0.493 e. The summed E-state index contributed by atoms with van der Waals surface area (Å²) in [6.45, 7) is 1.21. The second kappa shape index (κ2) is 5.44. The maximum absolute atomic E-state index is 12.9. The topological polar surface area (TPSA) is 61.3 Å². The average molecular weight is 198 g/mol. The van der Waals surface area contributed by atoms with E-state index in [9.17, 15) is 4.39 Å². The van der Waals surface area contributed by atoms with Gasteiger partial charge in [0.2, 0.25) is 0 Å². The lowest BCUT2D eigenvalue weighted by Crippen LogP contribution is -2.03. The lowest BCUT2D eigenvalue weighted by Gasteiger charge is -2.06. The molecule has 1 aromatic rings. The van der Waals surface area contributed by atoms with Gasteiger partial charge in [-0.1, -0.05) is 0 Å². The second-order valence-electron chi connectivity index (χ2n) is 3.03. The first-order chi connectivity index (χ1) is 6.74. The maximum atomic E-state index is 12.9. The van der Waals surface area contributed by atoms with Crippen molar-refractivity contribution >= 4 is 5.69 Å². The van der Waals surface area contributed by atoms with Gasteiger partial charge in [0.05, 0.1) is 12.3 Å². The van der Waals surface area contributed by atoms with E-state index in [0.29, 0.717) is 18.9 Å². The van der Waals surface area contributed by atoms with Gasteiger partial charge in [0, 0.05) is 6.07 Å². The quantitative estimate of drug-likeness (QED) is 0.557. The van der Waals surface area contributed by atoms with Gasteiger partial charge in [-0.15, -0.1) is 0 Å². The molecule has 0 atom stereocenters. The van der Waals surface area contributed by atoms with Crippen LogP contribution in [0.25, 0.3) is 0 Å². The summed E-state index contributed by atoms with van der Waals surface area (Å²) in [5.41, 5.74) is 10.8. The minimum absolute atomic E-state index is 0.138. The molecule has 0 aromatic heterocycles. The fourth-order valence-corrected chi connectivity index (χ4v) is 1.03. The van der Waals surface area contributed by atoms with Gasteiger partial charge in [-0.2, -0.15) is 0 Å². The first-order valence-electron chi connectivity index (χ1n) is 4.62. The van der Waals surface area contributed by atoms with Crippen molar-refractivity contribution in [2.45, 2.75) is 12.8 Å². The van der Waals surface area contributed by atoms with Crippen LogP contribution >= 0.6 is 0 Å². The van der Waals surface area contributed by atoms with Gasteiger partial charge in [-0.3, -0.25) is 0 Å². The lowest BCUT2D eigenvalue weighted by molar-refractivity contribution is 0.306. The third-order valence-electron chi connectivity index (χ3n) is 1.84.